The highest BCUT2D eigenvalue weighted by Gasteiger charge is 2.40. The minimum absolute atomic E-state index is 0.0182. The highest BCUT2D eigenvalue weighted by molar-refractivity contribution is 5.98. The van der Waals surface area contributed by atoms with Gasteiger partial charge < -0.3 is 67.9 Å². The molecular formula is C36H55N9O16. The van der Waals surface area contributed by atoms with Gasteiger partial charge in [-0.15, -0.1) is 0 Å². The Balaban J connectivity index is 2.26. The molecule has 2 aliphatic heterocycles. The maximum atomic E-state index is 13.7. The molecule has 0 saturated carbocycles. The molecule has 25 heteroatoms. The van der Waals surface area contributed by atoms with Crippen molar-refractivity contribution in [2.75, 3.05) is 32.7 Å². The van der Waals surface area contributed by atoms with Crippen molar-refractivity contribution in [1.29, 1.82) is 0 Å². The third-order valence-electron chi connectivity index (χ3n) is 9.64. The molecule has 25 nitrogen and oxygen atoms in total. The van der Waals surface area contributed by atoms with Crippen LogP contribution in [-0.4, -0.2) is 170 Å². The van der Waals surface area contributed by atoms with Gasteiger partial charge in [0.25, 0.3) is 0 Å². The molecule has 0 unspecified atom stereocenters. The Morgan fingerprint density at radius 1 is 0.590 bits per heavy atom. The fourth-order valence-electron chi connectivity index (χ4n) is 6.74. The van der Waals surface area contributed by atoms with Gasteiger partial charge in [-0.3, -0.25) is 57.5 Å². The van der Waals surface area contributed by atoms with Gasteiger partial charge >= 0.3 is 23.9 Å². The molecule has 12 N–H and O–H groups in total. The average Bonchev–Trinajstić information content (AvgIpc) is 3.88. The van der Waals surface area contributed by atoms with Crippen LogP contribution in [0.4, 0.5) is 0 Å². The van der Waals surface area contributed by atoms with Crippen LogP contribution in [0.15, 0.2) is 0 Å². The number of likely N-dealkylation sites (tertiary alicyclic amines) is 2. The Kier molecular flexibility index (Phi) is 20.5. The van der Waals surface area contributed by atoms with Gasteiger partial charge in [0.05, 0.1) is 19.5 Å². The smallest absolute Gasteiger partial charge is 0.322 e. The molecule has 61 heavy (non-hydrogen) atoms. The van der Waals surface area contributed by atoms with Gasteiger partial charge in [0, 0.05) is 25.9 Å². The van der Waals surface area contributed by atoms with Crippen LogP contribution in [-0.2, 0) is 57.5 Å². The first-order chi connectivity index (χ1) is 28.6. The summed E-state index contributed by atoms with van der Waals surface area (Å²) >= 11 is 0. The van der Waals surface area contributed by atoms with Gasteiger partial charge in [-0.1, -0.05) is 13.8 Å². The van der Waals surface area contributed by atoms with E-state index in [1.54, 1.807) is 13.8 Å². The van der Waals surface area contributed by atoms with E-state index in [9.17, 15) is 72.9 Å². The van der Waals surface area contributed by atoms with Crippen molar-refractivity contribution in [3.05, 3.63) is 0 Å². The SMILES string of the molecule is CC(C)C[C@H](NC(=O)[C@H](CC(=O)O)NC(=O)[C@H](CCC(=O)O)NC(=O)[C@H](CCC(=O)O)NC(=O)CNC(=O)[C@@H]1CCCN1C(=O)CN)C(=O)N1CCC[C@H]1C(=O)NCC(=O)O. The number of hydrogen-bond acceptors (Lipinski definition) is 13. The molecular weight excluding hydrogens is 814 g/mol. The Morgan fingerprint density at radius 2 is 1.05 bits per heavy atom. The van der Waals surface area contributed by atoms with Crippen LogP contribution in [0.5, 0.6) is 0 Å². The largest absolute Gasteiger partial charge is 0.481 e. The second-order valence-corrected chi connectivity index (χ2v) is 14.9. The molecule has 0 aliphatic carbocycles. The first-order valence-electron chi connectivity index (χ1n) is 19.6. The highest BCUT2D eigenvalue weighted by Crippen LogP contribution is 2.21. The minimum Gasteiger partial charge on any atom is -0.481 e. The molecule has 2 heterocycles. The van der Waals surface area contributed by atoms with Crippen LogP contribution in [0.25, 0.3) is 0 Å². The molecule has 6 atom stereocenters. The summed E-state index contributed by atoms with van der Waals surface area (Å²) in [5.74, 6) is -13.2. The van der Waals surface area contributed by atoms with Crippen LogP contribution < -0.4 is 37.6 Å². The van der Waals surface area contributed by atoms with Gasteiger partial charge in [-0.25, -0.2) is 0 Å². The van der Waals surface area contributed by atoms with Crippen molar-refractivity contribution in [1.82, 2.24) is 41.7 Å². The highest BCUT2D eigenvalue weighted by atomic mass is 16.4. The van der Waals surface area contributed by atoms with Crippen LogP contribution in [0.2, 0.25) is 0 Å². The maximum Gasteiger partial charge on any atom is 0.322 e. The van der Waals surface area contributed by atoms with E-state index in [0.29, 0.717) is 19.3 Å². The minimum atomic E-state index is -1.92. The fourth-order valence-corrected chi connectivity index (χ4v) is 6.74. The van der Waals surface area contributed by atoms with E-state index in [2.05, 4.69) is 31.9 Å². The molecule has 2 fully saturated rings. The summed E-state index contributed by atoms with van der Waals surface area (Å²) in [5.41, 5.74) is 5.40. The molecule has 0 radical (unpaired) electrons. The standard InChI is InChI=1S/C36H55N9O16/c1-18(2)13-22(36(61)45-12-4-6-24(45)35(60)39-17-30(54)55)43-33(58)21(14-29(52)53)42-32(57)20(8-10-28(50)51)41-31(56)19(7-9-27(48)49)40-25(46)16-38-34(59)23-5-3-11-44(23)26(47)15-37/h18-24H,3-17,37H2,1-2H3,(H,38,59)(H,39,60)(H,40,46)(H,41,56)(H,42,57)(H,43,58)(H,48,49)(H,50,51)(H,52,53)(H,54,55)/t19-,20-,21-,22-,23-,24-/m0/s1. The summed E-state index contributed by atoms with van der Waals surface area (Å²) in [6, 6.07) is -8.74. The number of aliphatic carboxylic acids is 4. The van der Waals surface area contributed by atoms with Gasteiger partial charge in [-0.05, 0) is 50.9 Å². The van der Waals surface area contributed by atoms with E-state index >= 15 is 0 Å². The van der Waals surface area contributed by atoms with Crippen LogP contribution in [0.1, 0.15) is 78.1 Å². The van der Waals surface area contributed by atoms with E-state index in [4.69, 9.17) is 10.8 Å². The topological polar surface area (TPSA) is 390 Å². The molecule has 2 aliphatic rings. The van der Waals surface area contributed by atoms with E-state index in [1.807, 2.05) is 0 Å². The Hall–Kier alpha value is -6.40. The molecule has 8 amide bonds. The summed E-state index contributed by atoms with van der Waals surface area (Å²) in [4.78, 5) is 153. The predicted molar refractivity (Wildman–Crippen MR) is 205 cm³/mol. The average molecular weight is 870 g/mol. The quantitative estimate of drug-likeness (QED) is 0.0411. The zero-order chi connectivity index (χ0) is 46.0. The van der Waals surface area contributed by atoms with Crippen LogP contribution in [0.3, 0.4) is 0 Å². The number of nitrogens with two attached hydrogens (primary N) is 1. The number of carbonyl (C=O) groups excluding carboxylic acids is 8. The Morgan fingerprint density at radius 3 is 1.54 bits per heavy atom. The van der Waals surface area contributed by atoms with Crippen molar-refractivity contribution >= 4 is 71.1 Å². The molecule has 2 saturated heterocycles. The molecule has 0 aromatic rings. The summed E-state index contributed by atoms with van der Waals surface area (Å²) in [6.07, 6.45) is -2.35. The first-order valence-corrected chi connectivity index (χ1v) is 19.6. The monoisotopic (exact) mass is 869 g/mol. The lowest BCUT2D eigenvalue weighted by atomic mass is 10.0. The van der Waals surface area contributed by atoms with Gasteiger partial charge in [-0.2, -0.15) is 0 Å². The first kappa shape index (κ1) is 50.7. The number of hydrogen-bond donors (Lipinski definition) is 11. The Bertz CT molecular complexity index is 1690. The molecule has 0 bridgehead atoms. The van der Waals surface area contributed by atoms with E-state index in [0.717, 1.165) is 4.90 Å². The zero-order valence-electron chi connectivity index (χ0n) is 33.8. The predicted octanol–water partition coefficient (Wildman–Crippen LogP) is -4.57. The van der Waals surface area contributed by atoms with Gasteiger partial charge in [0.2, 0.25) is 47.3 Å². The van der Waals surface area contributed by atoms with Crippen LogP contribution >= 0.6 is 0 Å². The number of carboxylic acids is 4. The van der Waals surface area contributed by atoms with Crippen molar-refractivity contribution in [3.63, 3.8) is 0 Å². The molecule has 0 spiro atoms. The normalized spacial score (nSPS) is 17.8. The number of rotatable bonds is 25. The summed E-state index contributed by atoms with van der Waals surface area (Å²) in [6.45, 7) is 2.00. The number of carboxylic acid groups (broad SMARTS) is 4. The van der Waals surface area contributed by atoms with E-state index in [-0.39, 0.29) is 38.4 Å². The number of nitrogens with zero attached hydrogens (tertiary/aromatic N) is 2. The van der Waals surface area contributed by atoms with Gasteiger partial charge in [0.1, 0.15) is 42.8 Å². The maximum absolute atomic E-state index is 13.7. The van der Waals surface area contributed by atoms with E-state index < -0.39 is 153 Å². The number of carbonyl (C=O) groups is 12. The number of nitrogens with one attached hydrogen (secondary N) is 6. The number of amides is 8. The van der Waals surface area contributed by atoms with Crippen molar-refractivity contribution < 1.29 is 78.0 Å². The second kappa shape index (κ2) is 24.6. The lowest BCUT2D eigenvalue weighted by Crippen LogP contribution is -2.59. The van der Waals surface area contributed by atoms with Crippen molar-refractivity contribution in [3.8, 4) is 0 Å². The second-order valence-electron chi connectivity index (χ2n) is 14.9. The third-order valence-corrected chi connectivity index (χ3v) is 9.64. The summed E-state index contributed by atoms with van der Waals surface area (Å²) < 4.78 is 0. The molecule has 2 rings (SSSR count). The van der Waals surface area contributed by atoms with Crippen molar-refractivity contribution in [2.24, 2.45) is 11.7 Å². The Labute approximate surface area is 349 Å². The van der Waals surface area contributed by atoms with Gasteiger partial charge in [0.15, 0.2) is 0 Å². The molecule has 0 aromatic heterocycles. The molecule has 0 aromatic carbocycles. The third kappa shape index (κ3) is 17.0. The summed E-state index contributed by atoms with van der Waals surface area (Å²) in [5, 5.41) is 50.7. The fraction of sp³-hybridized carbons (Fsp3) is 0.667. The zero-order valence-corrected chi connectivity index (χ0v) is 33.8. The summed E-state index contributed by atoms with van der Waals surface area (Å²) in [7, 11) is 0. The van der Waals surface area contributed by atoms with E-state index in [1.165, 1.54) is 4.90 Å². The lowest BCUT2D eigenvalue weighted by Gasteiger charge is -2.30. The lowest BCUT2D eigenvalue weighted by molar-refractivity contribution is -0.144. The van der Waals surface area contributed by atoms with Crippen molar-refractivity contribution in [2.45, 2.75) is 114 Å². The molecule has 340 valence electrons. The van der Waals surface area contributed by atoms with Crippen LogP contribution in [0, 0.1) is 5.92 Å².